The molecule has 0 aliphatic heterocycles. The largest absolute Gasteiger partial charge is 0.322 e. The van der Waals surface area contributed by atoms with Crippen molar-refractivity contribution in [1.29, 1.82) is 0 Å². The van der Waals surface area contributed by atoms with Crippen molar-refractivity contribution >= 4 is 0 Å². The number of aromatic nitrogens is 2. The molecule has 2 rings (SSSR count). The highest BCUT2D eigenvalue weighted by Crippen LogP contribution is 2.15. The van der Waals surface area contributed by atoms with Gasteiger partial charge < -0.3 is 5.73 Å². The number of rotatable bonds is 3. The second kappa shape index (κ2) is 4.81. The first-order valence-electron chi connectivity index (χ1n) is 5.02. The zero-order valence-corrected chi connectivity index (χ0v) is 8.68. The van der Waals surface area contributed by atoms with Crippen molar-refractivity contribution in [3.8, 4) is 0 Å². The Balaban J connectivity index is 2.15. The molecule has 0 aliphatic carbocycles. The van der Waals surface area contributed by atoms with Crippen LogP contribution < -0.4 is 5.73 Å². The van der Waals surface area contributed by atoms with Crippen LogP contribution in [0.25, 0.3) is 0 Å². The third-order valence-corrected chi connectivity index (χ3v) is 2.32. The molecule has 0 spiro atoms. The second-order valence-electron chi connectivity index (χ2n) is 3.54. The van der Waals surface area contributed by atoms with Gasteiger partial charge in [-0.3, -0.25) is 9.97 Å². The number of halogens is 1. The maximum absolute atomic E-state index is 13.4. The molecule has 2 N–H and O–H groups in total. The maximum Gasteiger partial charge on any atom is 0.146 e. The van der Waals surface area contributed by atoms with Crippen molar-refractivity contribution < 1.29 is 4.39 Å². The van der Waals surface area contributed by atoms with Crippen LogP contribution in [0.5, 0.6) is 0 Å². The molecule has 1 atom stereocenters. The van der Waals surface area contributed by atoms with Crippen LogP contribution in [0.4, 0.5) is 4.39 Å². The Morgan fingerprint density at radius 2 is 2.06 bits per heavy atom. The third kappa shape index (κ3) is 2.41. The fourth-order valence-electron chi connectivity index (χ4n) is 1.54. The normalized spacial score (nSPS) is 12.4. The lowest BCUT2D eigenvalue weighted by atomic mass is 10.1. The molecule has 0 aromatic carbocycles. The van der Waals surface area contributed by atoms with Crippen molar-refractivity contribution in [1.82, 2.24) is 9.97 Å². The van der Waals surface area contributed by atoms with E-state index in [2.05, 4.69) is 9.97 Å². The van der Waals surface area contributed by atoms with Crippen molar-refractivity contribution in [2.45, 2.75) is 12.5 Å². The van der Waals surface area contributed by atoms with Crippen LogP contribution >= 0.6 is 0 Å². The Kier molecular flexibility index (Phi) is 3.22. The summed E-state index contributed by atoms with van der Waals surface area (Å²) in [5, 5.41) is 0. The van der Waals surface area contributed by atoms with Gasteiger partial charge in [0.1, 0.15) is 5.82 Å². The van der Waals surface area contributed by atoms with Gasteiger partial charge in [0.05, 0.1) is 11.7 Å². The summed E-state index contributed by atoms with van der Waals surface area (Å²) >= 11 is 0. The first kappa shape index (κ1) is 10.7. The number of nitrogens with zero attached hydrogens (tertiary/aromatic N) is 2. The van der Waals surface area contributed by atoms with E-state index in [1.165, 1.54) is 6.07 Å². The minimum Gasteiger partial charge on any atom is -0.322 e. The molecule has 0 amide bonds. The molecule has 0 saturated carbocycles. The molecule has 16 heavy (non-hydrogen) atoms. The Morgan fingerprint density at radius 3 is 2.75 bits per heavy atom. The predicted octanol–water partition coefficient (Wildman–Crippen LogP) is 1.86. The van der Waals surface area contributed by atoms with Crippen LogP contribution in [-0.4, -0.2) is 9.97 Å². The van der Waals surface area contributed by atoms with E-state index >= 15 is 0 Å². The highest BCUT2D eigenvalue weighted by atomic mass is 19.1. The zero-order valence-electron chi connectivity index (χ0n) is 8.68. The monoisotopic (exact) mass is 217 g/mol. The van der Waals surface area contributed by atoms with E-state index in [0.717, 1.165) is 5.56 Å². The van der Waals surface area contributed by atoms with Gasteiger partial charge in [-0.2, -0.15) is 0 Å². The molecule has 4 heteroatoms. The number of pyridine rings is 2. The van der Waals surface area contributed by atoms with Gasteiger partial charge in [0.2, 0.25) is 0 Å². The highest BCUT2D eigenvalue weighted by Gasteiger charge is 2.12. The van der Waals surface area contributed by atoms with Crippen molar-refractivity contribution in [2.24, 2.45) is 5.73 Å². The quantitative estimate of drug-likeness (QED) is 0.853. The summed E-state index contributed by atoms with van der Waals surface area (Å²) in [7, 11) is 0. The fraction of sp³-hybridized carbons (Fsp3) is 0.167. The smallest absolute Gasteiger partial charge is 0.146 e. The van der Waals surface area contributed by atoms with E-state index in [4.69, 9.17) is 5.73 Å². The molecular formula is C12H12FN3. The Morgan fingerprint density at radius 1 is 1.25 bits per heavy atom. The molecule has 0 fully saturated rings. The van der Waals surface area contributed by atoms with Gasteiger partial charge in [0, 0.05) is 18.6 Å². The Labute approximate surface area is 93.2 Å². The van der Waals surface area contributed by atoms with Gasteiger partial charge in [-0.05, 0) is 30.2 Å². The minimum absolute atomic E-state index is 0.298. The number of hydrogen-bond acceptors (Lipinski definition) is 3. The van der Waals surface area contributed by atoms with E-state index < -0.39 is 6.04 Å². The first-order valence-corrected chi connectivity index (χ1v) is 5.02. The average Bonchev–Trinajstić information content (AvgIpc) is 2.31. The number of hydrogen-bond donors (Lipinski definition) is 1. The SMILES string of the molecule is NC(Cc1cccnc1)c1ncccc1F. The van der Waals surface area contributed by atoms with Crippen LogP contribution in [0.15, 0.2) is 42.9 Å². The Hall–Kier alpha value is -1.81. The molecule has 0 radical (unpaired) electrons. The van der Waals surface area contributed by atoms with E-state index in [1.807, 2.05) is 12.1 Å². The summed E-state index contributed by atoms with van der Waals surface area (Å²) in [6.45, 7) is 0. The van der Waals surface area contributed by atoms with Gasteiger partial charge in [0.25, 0.3) is 0 Å². The predicted molar refractivity (Wildman–Crippen MR) is 59.1 cm³/mol. The molecule has 0 aliphatic rings. The van der Waals surface area contributed by atoms with Gasteiger partial charge in [-0.25, -0.2) is 4.39 Å². The van der Waals surface area contributed by atoms with Gasteiger partial charge in [0.15, 0.2) is 0 Å². The van der Waals surface area contributed by atoms with Gasteiger partial charge in [-0.1, -0.05) is 6.07 Å². The maximum atomic E-state index is 13.4. The molecule has 2 heterocycles. The minimum atomic E-state index is -0.439. The van der Waals surface area contributed by atoms with Crippen LogP contribution in [0.2, 0.25) is 0 Å². The molecule has 3 nitrogen and oxygen atoms in total. The lowest BCUT2D eigenvalue weighted by molar-refractivity contribution is 0.563. The third-order valence-electron chi connectivity index (χ3n) is 2.32. The standard InChI is InChI=1S/C12H12FN3/c13-10-4-2-6-16-12(10)11(14)7-9-3-1-5-15-8-9/h1-6,8,11H,7,14H2. The average molecular weight is 217 g/mol. The highest BCUT2D eigenvalue weighted by molar-refractivity contribution is 5.17. The Bertz CT molecular complexity index is 459. The van der Waals surface area contributed by atoms with Crippen LogP contribution in [-0.2, 0) is 6.42 Å². The number of nitrogens with two attached hydrogens (primary N) is 1. The van der Waals surface area contributed by atoms with E-state index in [1.54, 1.807) is 24.7 Å². The molecule has 2 aromatic rings. The van der Waals surface area contributed by atoms with Crippen molar-refractivity contribution in [3.05, 3.63) is 59.9 Å². The van der Waals surface area contributed by atoms with Crippen LogP contribution in [0, 0.1) is 5.82 Å². The molecule has 0 saturated heterocycles. The zero-order chi connectivity index (χ0) is 11.4. The molecule has 82 valence electrons. The molecule has 0 bridgehead atoms. The van der Waals surface area contributed by atoms with E-state index in [-0.39, 0.29) is 5.82 Å². The van der Waals surface area contributed by atoms with Crippen LogP contribution in [0.1, 0.15) is 17.3 Å². The van der Waals surface area contributed by atoms with Crippen molar-refractivity contribution in [2.75, 3.05) is 0 Å². The van der Waals surface area contributed by atoms with E-state index in [0.29, 0.717) is 12.1 Å². The summed E-state index contributed by atoms with van der Waals surface area (Å²) in [5.74, 6) is -0.362. The van der Waals surface area contributed by atoms with Crippen LogP contribution in [0.3, 0.4) is 0 Å². The summed E-state index contributed by atoms with van der Waals surface area (Å²) in [4.78, 5) is 7.94. The topological polar surface area (TPSA) is 51.8 Å². The van der Waals surface area contributed by atoms with Crippen molar-refractivity contribution in [3.63, 3.8) is 0 Å². The summed E-state index contributed by atoms with van der Waals surface area (Å²) in [6.07, 6.45) is 5.49. The first-order chi connectivity index (χ1) is 7.77. The summed E-state index contributed by atoms with van der Waals surface area (Å²) in [6, 6.07) is 6.22. The summed E-state index contributed by atoms with van der Waals surface area (Å²) < 4.78 is 13.4. The lowest BCUT2D eigenvalue weighted by Crippen LogP contribution is -2.16. The lowest BCUT2D eigenvalue weighted by Gasteiger charge is -2.11. The van der Waals surface area contributed by atoms with Gasteiger partial charge >= 0.3 is 0 Å². The molecule has 1 unspecified atom stereocenters. The second-order valence-corrected chi connectivity index (χ2v) is 3.54. The van der Waals surface area contributed by atoms with Gasteiger partial charge in [-0.15, -0.1) is 0 Å². The fourth-order valence-corrected chi connectivity index (χ4v) is 1.54. The molecular weight excluding hydrogens is 205 g/mol. The van der Waals surface area contributed by atoms with E-state index in [9.17, 15) is 4.39 Å². The summed E-state index contributed by atoms with van der Waals surface area (Å²) in [5.41, 5.74) is 7.17. The molecule has 2 aromatic heterocycles.